The fourth-order valence-corrected chi connectivity index (χ4v) is 2.61. The Hall–Kier alpha value is -2.60. The number of esters is 1. The summed E-state index contributed by atoms with van der Waals surface area (Å²) in [5.74, 6) is -0.977. The van der Waals surface area contributed by atoms with Crippen LogP contribution in [0.3, 0.4) is 0 Å². The number of aryl methyl sites for hydroxylation is 2. The van der Waals surface area contributed by atoms with Crippen LogP contribution in [-0.2, 0) is 14.3 Å². The molecule has 0 aliphatic heterocycles. The van der Waals surface area contributed by atoms with Crippen molar-refractivity contribution in [3.63, 3.8) is 0 Å². The van der Waals surface area contributed by atoms with Gasteiger partial charge < -0.3 is 14.8 Å². The van der Waals surface area contributed by atoms with E-state index < -0.39 is 24.3 Å². The van der Waals surface area contributed by atoms with Gasteiger partial charge in [0.25, 0.3) is 5.91 Å². The molecule has 2 aromatic carbocycles. The Labute approximate surface area is 168 Å². The van der Waals surface area contributed by atoms with Crippen molar-refractivity contribution < 1.29 is 23.5 Å². The molecule has 7 heteroatoms. The number of hydrogen-bond acceptors (Lipinski definition) is 4. The zero-order valence-corrected chi connectivity index (χ0v) is 17.0. The SMILES string of the molecule is Cc1ccc(NC(=O)COC(=O)COc2cc(C)c(Cl)cc2C(C)C)cc1F. The molecule has 0 spiro atoms. The molecule has 0 aliphatic rings. The number of carbonyl (C=O) groups excluding carboxylic acids is 2. The van der Waals surface area contributed by atoms with E-state index >= 15 is 0 Å². The summed E-state index contributed by atoms with van der Waals surface area (Å²) in [4.78, 5) is 23.7. The molecule has 0 saturated heterocycles. The summed E-state index contributed by atoms with van der Waals surface area (Å²) >= 11 is 6.15. The summed E-state index contributed by atoms with van der Waals surface area (Å²) in [6.45, 7) is 6.61. The Morgan fingerprint density at radius 3 is 2.46 bits per heavy atom. The zero-order valence-electron chi connectivity index (χ0n) is 16.3. The molecule has 1 amide bonds. The smallest absolute Gasteiger partial charge is 0.344 e. The second kappa shape index (κ2) is 9.55. The second-order valence-corrected chi connectivity index (χ2v) is 7.16. The molecule has 0 unspecified atom stereocenters. The molecule has 150 valence electrons. The van der Waals surface area contributed by atoms with E-state index in [2.05, 4.69) is 5.32 Å². The van der Waals surface area contributed by atoms with Crippen LogP contribution < -0.4 is 10.1 Å². The van der Waals surface area contributed by atoms with Crippen LogP contribution in [0.2, 0.25) is 5.02 Å². The van der Waals surface area contributed by atoms with E-state index in [9.17, 15) is 14.0 Å². The maximum absolute atomic E-state index is 13.5. The van der Waals surface area contributed by atoms with Crippen molar-refractivity contribution in [3.05, 3.63) is 57.9 Å². The topological polar surface area (TPSA) is 64.6 Å². The van der Waals surface area contributed by atoms with E-state index in [4.69, 9.17) is 21.1 Å². The highest BCUT2D eigenvalue weighted by Crippen LogP contribution is 2.32. The number of benzene rings is 2. The molecule has 2 aromatic rings. The summed E-state index contributed by atoms with van der Waals surface area (Å²) in [6, 6.07) is 7.90. The highest BCUT2D eigenvalue weighted by molar-refractivity contribution is 6.31. The van der Waals surface area contributed by atoms with Crippen LogP contribution in [0, 0.1) is 19.7 Å². The first-order chi connectivity index (χ1) is 13.2. The molecule has 0 radical (unpaired) electrons. The van der Waals surface area contributed by atoms with Crippen LogP contribution in [0.25, 0.3) is 0 Å². The van der Waals surface area contributed by atoms with Crippen LogP contribution in [0.4, 0.5) is 10.1 Å². The van der Waals surface area contributed by atoms with Gasteiger partial charge in [0, 0.05) is 10.7 Å². The molecule has 0 fully saturated rings. The first-order valence-corrected chi connectivity index (χ1v) is 9.19. The maximum atomic E-state index is 13.5. The summed E-state index contributed by atoms with van der Waals surface area (Å²) < 4.78 is 24.0. The number of amides is 1. The predicted octanol–water partition coefficient (Wildman–Crippen LogP) is 4.78. The van der Waals surface area contributed by atoms with Crippen LogP contribution in [0.5, 0.6) is 5.75 Å². The third-order valence-electron chi connectivity index (χ3n) is 4.08. The lowest BCUT2D eigenvalue weighted by Gasteiger charge is -2.15. The standard InChI is InChI=1S/C21H23ClFNO4/c1-12(2)16-9-17(22)14(4)7-19(16)27-11-21(26)28-10-20(25)24-15-6-5-13(3)18(23)8-15/h5-9,12H,10-11H2,1-4H3,(H,24,25). The number of rotatable bonds is 7. The Bertz CT molecular complexity index is 883. The Kier molecular flexibility index (Phi) is 7.40. The zero-order chi connectivity index (χ0) is 20.8. The molecule has 28 heavy (non-hydrogen) atoms. The fourth-order valence-electron chi connectivity index (χ4n) is 2.44. The largest absolute Gasteiger partial charge is 0.482 e. The van der Waals surface area contributed by atoms with E-state index in [0.717, 1.165) is 11.1 Å². The van der Waals surface area contributed by atoms with Crippen molar-refractivity contribution in [1.29, 1.82) is 0 Å². The van der Waals surface area contributed by atoms with Gasteiger partial charge in [0.1, 0.15) is 11.6 Å². The first-order valence-electron chi connectivity index (χ1n) is 8.82. The number of hydrogen-bond donors (Lipinski definition) is 1. The fraction of sp³-hybridized carbons (Fsp3) is 0.333. The molecule has 0 aliphatic carbocycles. The monoisotopic (exact) mass is 407 g/mol. The van der Waals surface area contributed by atoms with Crippen molar-refractivity contribution in [2.75, 3.05) is 18.5 Å². The number of anilines is 1. The summed E-state index contributed by atoms with van der Waals surface area (Å²) in [5.41, 5.74) is 2.47. The van der Waals surface area contributed by atoms with Gasteiger partial charge in [-0.2, -0.15) is 0 Å². The normalized spacial score (nSPS) is 10.7. The number of nitrogens with one attached hydrogen (secondary N) is 1. The van der Waals surface area contributed by atoms with Gasteiger partial charge in [-0.1, -0.05) is 31.5 Å². The average molecular weight is 408 g/mol. The van der Waals surface area contributed by atoms with Gasteiger partial charge in [0.15, 0.2) is 13.2 Å². The molecule has 0 heterocycles. The van der Waals surface area contributed by atoms with Crippen LogP contribution in [-0.4, -0.2) is 25.1 Å². The highest BCUT2D eigenvalue weighted by Gasteiger charge is 2.14. The van der Waals surface area contributed by atoms with Gasteiger partial charge in [0.2, 0.25) is 0 Å². The molecular formula is C21H23ClFNO4. The minimum Gasteiger partial charge on any atom is -0.482 e. The molecule has 0 saturated carbocycles. The van der Waals surface area contributed by atoms with E-state index in [1.165, 1.54) is 6.07 Å². The van der Waals surface area contributed by atoms with E-state index in [1.54, 1.807) is 25.1 Å². The van der Waals surface area contributed by atoms with Crippen LogP contribution in [0.1, 0.15) is 36.5 Å². The van der Waals surface area contributed by atoms with Crippen molar-refractivity contribution in [2.45, 2.75) is 33.6 Å². The molecule has 2 rings (SSSR count). The van der Waals surface area contributed by atoms with Gasteiger partial charge in [0.05, 0.1) is 0 Å². The third-order valence-corrected chi connectivity index (χ3v) is 4.49. The first kappa shape index (κ1) is 21.7. The highest BCUT2D eigenvalue weighted by atomic mass is 35.5. The number of carbonyl (C=O) groups is 2. The van der Waals surface area contributed by atoms with E-state index in [1.807, 2.05) is 26.8 Å². The van der Waals surface area contributed by atoms with Gasteiger partial charge in [-0.25, -0.2) is 9.18 Å². The van der Waals surface area contributed by atoms with Gasteiger partial charge >= 0.3 is 5.97 Å². The Morgan fingerprint density at radius 1 is 1.11 bits per heavy atom. The predicted molar refractivity (Wildman–Crippen MR) is 106 cm³/mol. The van der Waals surface area contributed by atoms with Crippen molar-refractivity contribution in [2.24, 2.45) is 0 Å². The molecule has 5 nitrogen and oxygen atoms in total. The van der Waals surface area contributed by atoms with Gasteiger partial charge in [-0.05, 0) is 60.7 Å². The van der Waals surface area contributed by atoms with Crippen LogP contribution in [0.15, 0.2) is 30.3 Å². The molecular weight excluding hydrogens is 385 g/mol. The number of halogens is 2. The minimum atomic E-state index is -0.687. The third kappa shape index (κ3) is 5.96. The van der Waals surface area contributed by atoms with Crippen molar-refractivity contribution in [1.82, 2.24) is 0 Å². The van der Waals surface area contributed by atoms with E-state index in [0.29, 0.717) is 22.0 Å². The number of ether oxygens (including phenoxy) is 2. The van der Waals surface area contributed by atoms with Crippen molar-refractivity contribution >= 4 is 29.2 Å². The van der Waals surface area contributed by atoms with Gasteiger partial charge in [-0.3, -0.25) is 4.79 Å². The molecule has 0 aromatic heterocycles. The van der Waals surface area contributed by atoms with Crippen LogP contribution >= 0.6 is 11.6 Å². The quantitative estimate of drug-likeness (QED) is 0.671. The summed E-state index contributed by atoms with van der Waals surface area (Å²) in [6.07, 6.45) is 0. The lowest BCUT2D eigenvalue weighted by atomic mass is 10.0. The lowest BCUT2D eigenvalue weighted by Crippen LogP contribution is -2.24. The lowest BCUT2D eigenvalue weighted by molar-refractivity contribution is -0.149. The maximum Gasteiger partial charge on any atom is 0.344 e. The average Bonchev–Trinajstić information content (AvgIpc) is 2.63. The molecule has 1 N–H and O–H groups in total. The Balaban J connectivity index is 1.86. The molecule has 0 atom stereocenters. The summed E-state index contributed by atoms with van der Waals surface area (Å²) in [7, 11) is 0. The summed E-state index contributed by atoms with van der Waals surface area (Å²) in [5, 5.41) is 3.09. The second-order valence-electron chi connectivity index (χ2n) is 6.76. The Morgan fingerprint density at radius 2 is 1.82 bits per heavy atom. The van der Waals surface area contributed by atoms with E-state index in [-0.39, 0.29) is 12.5 Å². The van der Waals surface area contributed by atoms with Gasteiger partial charge in [-0.15, -0.1) is 0 Å². The molecule has 0 bridgehead atoms. The van der Waals surface area contributed by atoms with Crippen molar-refractivity contribution in [3.8, 4) is 5.75 Å². The minimum absolute atomic E-state index is 0.157.